The van der Waals surface area contributed by atoms with Crippen molar-refractivity contribution in [2.45, 2.75) is 32.9 Å². The van der Waals surface area contributed by atoms with Crippen LogP contribution in [-0.4, -0.2) is 12.7 Å². The van der Waals surface area contributed by atoms with Crippen molar-refractivity contribution >= 4 is 12.4 Å². The maximum absolute atomic E-state index is 12.4. The highest BCUT2D eigenvalue weighted by Gasteiger charge is 2.03. The van der Waals surface area contributed by atoms with Gasteiger partial charge in [-0.3, -0.25) is 0 Å². The lowest BCUT2D eigenvalue weighted by Crippen LogP contribution is -2.15. The molecule has 2 N–H and O–H groups in total. The van der Waals surface area contributed by atoms with Crippen LogP contribution in [0.15, 0.2) is 0 Å². The Bertz CT molecular complexity index is 68.6. The van der Waals surface area contributed by atoms with Crippen LogP contribution in [0.1, 0.15) is 26.7 Å². The average molecular weight is 170 g/mol. The summed E-state index contributed by atoms with van der Waals surface area (Å²) in [5.41, 5.74) is 5.08. The van der Waals surface area contributed by atoms with E-state index >= 15 is 0 Å². The molecule has 0 radical (unpaired) electrons. The van der Waals surface area contributed by atoms with Crippen LogP contribution >= 0.6 is 12.4 Å². The Kier molecular flexibility index (Phi) is 9.35. The van der Waals surface area contributed by atoms with Crippen LogP contribution in [0.5, 0.6) is 0 Å². The Morgan fingerprint density at radius 1 is 1.30 bits per heavy atom. The van der Waals surface area contributed by atoms with Crippen molar-refractivity contribution in [3.8, 4) is 0 Å². The van der Waals surface area contributed by atoms with Gasteiger partial charge in [-0.25, -0.2) is 4.39 Å². The molecule has 1 nitrogen and oxygen atoms in total. The molecule has 0 saturated heterocycles. The Labute approximate surface area is 68.6 Å². The van der Waals surface area contributed by atoms with Gasteiger partial charge in [0, 0.05) is 6.54 Å². The van der Waals surface area contributed by atoms with Crippen LogP contribution in [0.4, 0.5) is 4.39 Å². The smallest absolute Gasteiger partial charge is 0.112 e. The van der Waals surface area contributed by atoms with Crippen LogP contribution in [0, 0.1) is 5.92 Å². The fourth-order valence-corrected chi connectivity index (χ4v) is 0.632. The largest absolute Gasteiger partial charge is 0.328 e. The van der Waals surface area contributed by atoms with E-state index in [0.717, 1.165) is 6.42 Å². The van der Waals surface area contributed by atoms with Crippen LogP contribution < -0.4 is 5.73 Å². The monoisotopic (exact) mass is 169 g/mol. The summed E-state index contributed by atoms with van der Waals surface area (Å²) in [7, 11) is 0. The predicted octanol–water partition coefficient (Wildman–Crippen LogP) is 2.14. The number of rotatable bonds is 4. The summed E-state index contributed by atoms with van der Waals surface area (Å²) >= 11 is 0. The minimum absolute atomic E-state index is 0. The van der Waals surface area contributed by atoms with Crippen LogP contribution in [0.2, 0.25) is 0 Å². The van der Waals surface area contributed by atoms with Gasteiger partial charge in [-0.2, -0.15) is 0 Å². The second-order valence-electron chi connectivity index (χ2n) is 2.80. The van der Waals surface area contributed by atoms with E-state index in [1.807, 2.05) is 0 Å². The van der Waals surface area contributed by atoms with Crippen molar-refractivity contribution in [3.63, 3.8) is 0 Å². The Hall–Kier alpha value is 0.180. The van der Waals surface area contributed by atoms with E-state index in [1.54, 1.807) is 0 Å². The molecule has 0 saturated carbocycles. The van der Waals surface area contributed by atoms with Gasteiger partial charge in [-0.15, -0.1) is 12.4 Å². The third-order valence-corrected chi connectivity index (χ3v) is 1.31. The van der Waals surface area contributed by atoms with Crippen LogP contribution in [0.3, 0.4) is 0 Å². The van der Waals surface area contributed by atoms with E-state index < -0.39 is 6.17 Å². The van der Waals surface area contributed by atoms with Crippen molar-refractivity contribution in [1.29, 1.82) is 0 Å². The maximum Gasteiger partial charge on any atom is 0.112 e. The molecule has 1 atom stereocenters. The minimum Gasteiger partial charge on any atom is -0.328 e. The van der Waals surface area contributed by atoms with Gasteiger partial charge in [0.05, 0.1) is 0 Å². The summed E-state index contributed by atoms with van der Waals surface area (Å²) in [5.74, 6) is 0.592. The van der Waals surface area contributed by atoms with Crippen molar-refractivity contribution in [1.82, 2.24) is 0 Å². The number of halogens is 2. The highest BCUT2D eigenvalue weighted by molar-refractivity contribution is 5.85. The third kappa shape index (κ3) is 8.18. The van der Waals surface area contributed by atoms with E-state index in [-0.39, 0.29) is 19.0 Å². The summed E-state index contributed by atoms with van der Waals surface area (Å²) < 4.78 is 12.4. The van der Waals surface area contributed by atoms with E-state index in [4.69, 9.17) is 5.73 Å². The summed E-state index contributed by atoms with van der Waals surface area (Å²) in [6, 6.07) is 0. The molecule has 0 aromatic rings. The molecule has 0 fully saturated rings. The highest BCUT2D eigenvalue weighted by Crippen LogP contribution is 2.07. The Morgan fingerprint density at radius 3 is 2.10 bits per heavy atom. The molecule has 0 aromatic heterocycles. The zero-order valence-electron chi connectivity index (χ0n) is 6.64. The molecule has 0 aliphatic carbocycles. The van der Waals surface area contributed by atoms with Crippen molar-refractivity contribution in [2.24, 2.45) is 11.7 Å². The second kappa shape index (κ2) is 7.29. The Balaban J connectivity index is 0. The number of hydrogen-bond donors (Lipinski definition) is 1. The van der Waals surface area contributed by atoms with Gasteiger partial charge >= 0.3 is 0 Å². The molecule has 0 amide bonds. The molecule has 0 heterocycles. The number of hydrogen-bond acceptors (Lipinski definition) is 1. The molecule has 1 unspecified atom stereocenters. The lowest BCUT2D eigenvalue weighted by molar-refractivity contribution is 0.302. The quantitative estimate of drug-likeness (QED) is 0.686. The van der Waals surface area contributed by atoms with E-state index in [9.17, 15) is 4.39 Å². The normalized spacial score (nSPS) is 12.9. The van der Waals surface area contributed by atoms with E-state index in [2.05, 4.69) is 13.8 Å². The van der Waals surface area contributed by atoms with Gasteiger partial charge in [0.15, 0.2) is 0 Å². The van der Waals surface area contributed by atoms with Crippen molar-refractivity contribution in [3.05, 3.63) is 0 Å². The first-order chi connectivity index (χ1) is 4.16. The first-order valence-corrected chi connectivity index (χ1v) is 3.51. The standard InChI is InChI=1S/C7H16FN.ClH/c1-6(2)3-4-7(8)5-9;/h6-7H,3-5,9H2,1-2H3;1H. The van der Waals surface area contributed by atoms with Crippen LogP contribution in [0.25, 0.3) is 0 Å². The molecule has 0 rings (SSSR count). The topological polar surface area (TPSA) is 26.0 Å². The van der Waals surface area contributed by atoms with Crippen molar-refractivity contribution < 1.29 is 4.39 Å². The number of alkyl halides is 1. The summed E-state index contributed by atoms with van der Waals surface area (Å²) in [6.07, 6.45) is 0.777. The Morgan fingerprint density at radius 2 is 1.80 bits per heavy atom. The summed E-state index contributed by atoms with van der Waals surface area (Å²) in [6.45, 7) is 4.35. The zero-order chi connectivity index (χ0) is 7.28. The average Bonchev–Trinajstić information content (AvgIpc) is 1.83. The van der Waals surface area contributed by atoms with Crippen molar-refractivity contribution in [2.75, 3.05) is 6.54 Å². The fourth-order valence-electron chi connectivity index (χ4n) is 0.632. The minimum atomic E-state index is -0.785. The molecular weight excluding hydrogens is 153 g/mol. The second-order valence-corrected chi connectivity index (χ2v) is 2.80. The van der Waals surface area contributed by atoms with Gasteiger partial charge in [0.1, 0.15) is 6.17 Å². The van der Waals surface area contributed by atoms with Crippen LogP contribution in [-0.2, 0) is 0 Å². The lowest BCUT2D eigenvalue weighted by atomic mass is 10.1. The molecular formula is C7H17ClFN. The fraction of sp³-hybridized carbons (Fsp3) is 1.00. The molecule has 3 heteroatoms. The van der Waals surface area contributed by atoms with Gasteiger partial charge in [0.2, 0.25) is 0 Å². The number of nitrogens with two attached hydrogens (primary N) is 1. The molecule has 0 bridgehead atoms. The molecule has 0 aliphatic heterocycles. The zero-order valence-corrected chi connectivity index (χ0v) is 7.46. The predicted molar refractivity (Wildman–Crippen MR) is 45.3 cm³/mol. The van der Waals surface area contributed by atoms with E-state index in [1.165, 1.54) is 0 Å². The van der Waals surface area contributed by atoms with Gasteiger partial charge in [-0.1, -0.05) is 13.8 Å². The molecule has 0 spiro atoms. The SMILES string of the molecule is CC(C)CCC(F)CN.Cl. The van der Waals surface area contributed by atoms with Gasteiger partial charge in [-0.05, 0) is 18.8 Å². The first-order valence-electron chi connectivity index (χ1n) is 3.51. The summed E-state index contributed by atoms with van der Waals surface area (Å²) in [5, 5.41) is 0. The summed E-state index contributed by atoms with van der Waals surface area (Å²) in [4.78, 5) is 0. The molecule has 10 heavy (non-hydrogen) atoms. The first kappa shape index (κ1) is 12.8. The lowest BCUT2D eigenvalue weighted by Gasteiger charge is -2.06. The highest BCUT2D eigenvalue weighted by atomic mass is 35.5. The maximum atomic E-state index is 12.4. The van der Waals surface area contributed by atoms with E-state index in [0.29, 0.717) is 12.3 Å². The molecule has 0 aliphatic rings. The van der Waals surface area contributed by atoms with Gasteiger partial charge < -0.3 is 5.73 Å². The molecule has 64 valence electrons. The van der Waals surface area contributed by atoms with Gasteiger partial charge in [0.25, 0.3) is 0 Å². The third-order valence-electron chi connectivity index (χ3n) is 1.31. The molecule has 0 aromatic carbocycles.